The Hall–Kier alpha value is -3.77. The molecule has 1 aliphatic heterocycles. The second-order valence-electron chi connectivity index (χ2n) is 7.33. The van der Waals surface area contributed by atoms with Crippen LogP contribution >= 0.6 is 0 Å². The number of benzene rings is 1. The van der Waals surface area contributed by atoms with Crippen LogP contribution in [0.3, 0.4) is 0 Å². The minimum absolute atomic E-state index is 0. The molecule has 1 saturated heterocycles. The summed E-state index contributed by atoms with van der Waals surface area (Å²) in [6.45, 7) is 2.93. The van der Waals surface area contributed by atoms with Crippen molar-refractivity contribution in [3.05, 3.63) is 48.7 Å². The minimum atomic E-state index is 0. The van der Waals surface area contributed by atoms with E-state index in [-0.39, 0.29) is 1.43 Å². The van der Waals surface area contributed by atoms with E-state index >= 15 is 0 Å². The maximum atomic E-state index is 8.99. The summed E-state index contributed by atoms with van der Waals surface area (Å²) in [7, 11) is 0. The number of nitrogens with zero attached hydrogens (tertiary/aromatic N) is 7. The van der Waals surface area contributed by atoms with Crippen molar-refractivity contribution in [3.63, 3.8) is 0 Å². The van der Waals surface area contributed by atoms with E-state index in [2.05, 4.69) is 20.9 Å². The Morgan fingerprint density at radius 1 is 1.13 bits per heavy atom. The summed E-state index contributed by atoms with van der Waals surface area (Å²) in [5.74, 6) is 2.49. The van der Waals surface area contributed by atoms with Crippen LogP contribution in [0.2, 0.25) is 0 Å². The fraction of sp³-hybridized carbons (Fsp3) is 0.318. The van der Waals surface area contributed by atoms with Gasteiger partial charge in [-0.2, -0.15) is 20.2 Å². The SMILES string of the molecule is N#CCCc1nccn1-c1nc(-c2cccc3[nH]ccc23)nc(N2CCCOCC2)n1.[HH]. The molecule has 0 unspecified atom stereocenters. The summed E-state index contributed by atoms with van der Waals surface area (Å²) in [6.07, 6.45) is 7.29. The summed E-state index contributed by atoms with van der Waals surface area (Å²) in [5.41, 5.74) is 1.97. The Kier molecular flexibility index (Phi) is 5.29. The van der Waals surface area contributed by atoms with E-state index in [1.54, 1.807) is 6.20 Å². The van der Waals surface area contributed by atoms with Crippen molar-refractivity contribution in [1.29, 1.82) is 5.26 Å². The molecular weight excluding hydrogens is 392 g/mol. The molecule has 158 valence electrons. The zero-order valence-electron chi connectivity index (χ0n) is 17.0. The van der Waals surface area contributed by atoms with Crippen LogP contribution in [0.4, 0.5) is 5.95 Å². The number of imidazole rings is 1. The molecule has 31 heavy (non-hydrogen) atoms. The van der Waals surface area contributed by atoms with E-state index < -0.39 is 0 Å². The highest BCUT2D eigenvalue weighted by Crippen LogP contribution is 2.27. The Bertz CT molecular complexity index is 1240. The number of fused-ring (bicyclic) bond motifs is 1. The standard InChI is InChI=1S/C22H22N8O.H2/c23-8-2-6-19-25-10-12-30(19)22-27-20(17-4-1-5-18-16(17)7-9-24-18)26-21(28-22)29-11-3-14-31-15-13-29;/h1,4-5,7,9-10,12,24H,2-3,6,11,13-15H2;1H. The van der Waals surface area contributed by atoms with Gasteiger partial charge in [-0.3, -0.25) is 4.57 Å². The second-order valence-corrected chi connectivity index (χ2v) is 7.33. The summed E-state index contributed by atoms with van der Waals surface area (Å²) >= 11 is 0. The number of rotatable bonds is 5. The largest absolute Gasteiger partial charge is 0.380 e. The molecule has 0 amide bonds. The van der Waals surface area contributed by atoms with Crippen molar-refractivity contribution in [2.75, 3.05) is 31.2 Å². The van der Waals surface area contributed by atoms with Crippen LogP contribution in [0.15, 0.2) is 42.9 Å². The number of H-pyrrole nitrogens is 1. The molecule has 0 spiro atoms. The number of hydrogen-bond donors (Lipinski definition) is 1. The van der Waals surface area contributed by atoms with Crippen molar-refractivity contribution in [2.24, 2.45) is 0 Å². The van der Waals surface area contributed by atoms with Gasteiger partial charge in [-0.05, 0) is 18.6 Å². The minimum Gasteiger partial charge on any atom is -0.380 e. The number of nitrogens with one attached hydrogen (secondary N) is 1. The molecule has 9 heteroatoms. The van der Waals surface area contributed by atoms with Gasteiger partial charge >= 0.3 is 0 Å². The summed E-state index contributed by atoms with van der Waals surface area (Å²) in [6, 6.07) is 10.3. The van der Waals surface area contributed by atoms with Gasteiger partial charge in [-0.15, -0.1) is 0 Å². The normalized spacial score (nSPS) is 14.5. The van der Waals surface area contributed by atoms with E-state index in [0.717, 1.165) is 48.4 Å². The number of hydrogen-bond acceptors (Lipinski definition) is 7. The Morgan fingerprint density at radius 2 is 2.06 bits per heavy atom. The first kappa shape index (κ1) is 19.2. The van der Waals surface area contributed by atoms with E-state index in [9.17, 15) is 0 Å². The molecule has 5 rings (SSSR count). The molecule has 1 aliphatic rings. The molecule has 9 nitrogen and oxygen atoms in total. The van der Waals surface area contributed by atoms with Crippen molar-refractivity contribution in [3.8, 4) is 23.4 Å². The second kappa shape index (κ2) is 8.53. The van der Waals surface area contributed by atoms with Gasteiger partial charge in [0, 0.05) is 69.0 Å². The van der Waals surface area contributed by atoms with Gasteiger partial charge in [0.25, 0.3) is 0 Å². The first-order chi connectivity index (χ1) is 15.3. The molecule has 0 atom stereocenters. The highest BCUT2D eigenvalue weighted by Gasteiger charge is 2.19. The molecule has 3 aromatic heterocycles. The summed E-state index contributed by atoms with van der Waals surface area (Å²) < 4.78 is 7.46. The number of ether oxygens (including phenoxy) is 1. The molecule has 0 bridgehead atoms. The lowest BCUT2D eigenvalue weighted by Gasteiger charge is -2.21. The first-order valence-electron chi connectivity index (χ1n) is 10.4. The van der Waals surface area contributed by atoms with Crippen molar-refractivity contribution in [2.45, 2.75) is 19.3 Å². The van der Waals surface area contributed by atoms with E-state index in [4.69, 9.17) is 25.0 Å². The molecular formula is C22H24N8O. The quantitative estimate of drug-likeness (QED) is 0.532. The van der Waals surface area contributed by atoms with Gasteiger partial charge in [0.1, 0.15) is 5.82 Å². The summed E-state index contributed by atoms with van der Waals surface area (Å²) in [4.78, 5) is 24.2. The predicted octanol–water partition coefficient (Wildman–Crippen LogP) is 3.13. The van der Waals surface area contributed by atoms with Crippen molar-refractivity contribution >= 4 is 16.9 Å². The number of aromatic amines is 1. The van der Waals surface area contributed by atoms with Crippen LogP contribution in [-0.2, 0) is 11.2 Å². The third kappa shape index (κ3) is 3.85. The molecule has 4 heterocycles. The number of aromatic nitrogens is 6. The topological polar surface area (TPSA) is 109 Å². The fourth-order valence-electron chi connectivity index (χ4n) is 3.82. The van der Waals surface area contributed by atoms with Crippen LogP contribution < -0.4 is 4.90 Å². The Morgan fingerprint density at radius 3 is 3.00 bits per heavy atom. The zero-order valence-corrected chi connectivity index (χ0v) is 17.0. The highest BCUT2D eigenvalue weighted by atomic mass is 16.5. The van der Waals surface area contributed by atoms with Crippen molar-refractivity contribution < 1.29 is 6.16 Å². The fourth-order valence-corrected chi connectivity index (χ4v) is 3.82. The monoisotopic (exact) mass is 416 g/mol. The van der Waals surface area contributed by atoms with E-state index in [1.165, 1.54) is 0 Å². The average molecular weight is 416 g/mol. The third-order valence-corrected chi connectivity index (χ3v) is 5.35. The number of nitriles is 1. The van der Waals surface area contributed by atoms with E-state index in [0.29, 0.717) is 37.2 Å². The van der Waals surface area contributed by atoms with Crippen LogP contribution in [0.1, 0.15) is 20.1 Å². The molecule has 0 radical (unpaired) electrons. The molecule has 4 aromatic rings. The number of aryl methyl sites for hydroxylation is 1. The van der Waals surface area contributed by atoms with Crippen LogP contribution in [0.25, 0.3) is 28.2 Å². The maximum Gasteiger partial charge on any atom is 0.240 e. The van der Waals surface area contributed by atoms with Gasteiger partial charge in [-0.1, -0.05) is 12.1 Å². The smallest absolute Gasteiger partial charge is 0.240 e. The first-order valence-corrected chi connectivity index (χ1v) is 10.4. The predicted molar refractivity (Wildman–Crippen MR) is 118 cm³/mol. The Labute approximate surface area is 180 Å². The lowest BCUT2D eigenvalue weighted by atomic mass is 10.1. The van der Waals surface area contributed by atoms with Gasteiger partial charge in [-0.25, -0.2) is 4.98 Å². The van der Waals surface area contributed by atoms with Crippen LogP contribution in [-0.4, -0.2) is 55.8 Å². The van der Waals surface area contributed by atoms with E-state index in [1.807, 2.05) is 41.2 Å². The molecule has 0 aliphatic carbocycles. The summed E-state index contributed by atoms with van der Waals surface area (Å²) in [5, 5.41) is 10.0. The molecule has 1 aromatic carbocycles. The zero-order chi connectivity index (χ0) is 21.0. The van der Waals surface area contributed by atoms with Crippen LogP contribution in [0, 0.1) is 11.3 Å². The van der Waals surface area contributed by atoms with Crippen molar-refractivity contribution in [1.82, 2.24) is 29.5 Å². The molecule has 0 saturated carbocycles. The Balaban J connectivity index is 0.00000245. The van der Waals surface area contributed by atoms with Gasteiger partial charge in [0.2, 0.25) is 11.9 Å². The lowest BCUT2D eigenvalue weighted by molar-refractivity contribution is 0.152. The van der Waals surface area contributed by atoms with Gasteiger partial charge < -0.3 is 14.6 Å². The van der Waals surface area contributed by atoms with Gasteiger partial charge in [0.05, 0.1) is 12.7 Å². The number of anilines is 1. The average Bonchev–Trinajstić information content (AvgIpc) is 3.39. The highest BCUT2D eigenvalue weighted by molar-refractivity contribution is 5.93. The van der Waals surface area contributed by atoms with Gasteiger partial charge in [0.15, 0.2) is 5.82 Å². The maximum absolute atomic E-state index is 8.99. The molecule has 1 fully saturated rings. The van der Waals surface area contributed by atoms with Crippen LogP contribution in [0.5, 0.6) is 0 Å². The lowest BCUT2D eigenvalue weighted by Crippen LogP contribution is -2.28. The third-order valence-electron chi connectivity index (χ3n) is 5.35. The molecule has 1 N–H and O–H groups in total.